The van der Waals surface area contributed by atoms with Gasteiger partial charge >= 0.3 is 0 Å². The maximum atomic E-state index is 13.6. The number of hydrogen-bond donors (Lipinski definition) is 3. The van der Waals surface area contributed by atoms with E-state index in [-0.39, 0.29) is 41.8 Å². The number of thiophene rings is 1. The van der Waals surface area contributed by atoms with E-state index in [1.165, 1.54) is 0 Å². The number of aromatic nitrogens is 1. The molecule has 1 aliphatic carbocycles. The number of nitrogens with zero attached hydrogens (tertiary/aromatic N) is 1. The number of ketones is 1. The van der Waals surface area contributed by atoms with Gasteiger partial charge in [0.25, 0.3) is 5.91 Å². The average molecular weight is 471 g/mol. The minimum atomic E-state index is -0.704. The Kier molecular flexibility index (Phi) is 5.99. The standard InChI is InChI=1S/C24H30N4O4S/c1-2-19(29)17(10-13-6-8-25-21(13)30)26-22(31)20-16-5-3-4-15(16)12-28(20)24(32)18-11-14-7-9-33-23(14)27-18/h7,9,11,13,15-17,20,27H,2-6,8,10,12H2,1H3,(H,25,30)(H,26,31). The van der Waals surface area contributed by atoms with Crippen molar-refractivity contribution in [2.24, 2.45) is 17.8 Å². The van der Waals surface area contributed by atoms with Gasteiger partial charge in [0.15, 0.2) is 5.78 Å². The smallest absolute Gasteiger partial charge is 0.271 e. The summed E-state index contributed by atoms with van der Waals surface area (Å²) in [6.45, 7) is 2.93. The van der Waals surface area contributed by atoms with Crippen LogP contribution in [0.15, 0.2) is 17.5 Å². The molecule has 4 heterocycles. The Labute approximate surface area is 196 Å². The molecule has 0 spiro atoms. The molecule has 2 aromatic heterocycles. The van der Waals surface area contributed by atoms with Crippen molar-refractivity contribution < 1.29 is 19.2 Å². The summed E-state index contributed by atoms with van der Waals surface area (Å²) < 4.78 is 0. The molecule has 0 bridgehead atoms. The normalized spacial score (nSPS) is 27.5. The zero-order chi connectivity index (χ0) is 23.1. The molecule has 3 amide bonds. The number of fused-ring (bicyclic) bond motifs is 2. The van der Waals surface area contributed by atoms with Gasteiger partial charge in [-0.05, 0) is 55.0 Å². The maximum Gasteiger partial charge on any atom is 0.271 e. The van der Waals surface area contributed by atoms with Crippen molar-refractivity contribution in [3.8, 4) is 0 Å². The van der Waals surface area contributed by atoms with Crippen molar-refractivity contribution in [1.29, 1.82) is 0 Å². The van der Waals surface area contributed by atoms with Crippen LogP contribution < -0.4 is 10.6 Å². The topological polar surface area (TPSA) is 111 Å². The Hall–Kier alpha value is -2.68. The second kappa shape index (κ2) is 8.93. The van der Waals surface area contributed by atoms with E-state index in [0.717, 1.165) is 29.5 Å². The summed E-state index contributed by atoms with van der Waals surface area (Å²) in [7, 11) is 0. The molecule has 0 radical (unpaired) electrons. The molecule has 1 saturated carbocycles. The SMILES string of the molecule is CCC(=O)C(CC1CCNC1=O)NC(=O)C1C2CCCC2CN1C(=O)c1cc2ccsc2[nH]1. The highest BCUT2D eigenvalue weighted by molar-refractivity contribution is 7.16. The van der Waals surface area contributed by atoms with Crippen LogP contribution in [0, 0.1) is 17.8 Å². The van der Waals surface area contributed by atoms with Crippen LogP contribution in [0.5, 0.6) is 0 Å². The molecule has 2 saturated heterocycles. The summed E-state index contributed by atoms with van der Waals surface area (Å²) in [4.78, 5) is 57.6. The summed E-state index contributed by atoms with van der Waals surface area (Å²) in [5.74, 6) is -0.417. The van der Waals surface area contributed by atoms with Gasteiger partial charge in [0.1, 0.15) is 16.6 Å². The molecule has 3 N–H and O–H groups in total. The summed E-state index contributed by atoms with van der Waals surface area (Å²) in [6.07, 6.45) is 4.25. The molecular weight excluding hydrogens is 440 g/mol. The van der Waals surface area contributed by atoms with Gasteiger partial charge in [-0.1, -0.05) is 13.3 Å². The summed E-state index contributed by atoms with van der Waals surface area (Å²) >= 11 is 1.55. The van der Waals surface area contributed by atoms with Crippen LogP contribution in [0.4, 0.5) is 0 Å². The number of carbonyl (C=O) groups excluding carboxylic acids is 4. The van der Waals surface area contributed by atoms with Crippen molar-refractivity contribution in [2.75, 3.05) is 13.1 Å². The fourth-order valence-electron chi connectivity index (χ4n) is 5.90. The van der Waals surface area contributed by atoms with Crippen LogP contribution in [0.1, 0.15) is 55.9 Å². The minimum Gasteiger partial charge on any atom is -0.356 e. The Morgan fingerprint density at radius 2 is 2.12 bits per heavy atom. The Morgan fingerprint density at radius 3 is 2.85 bits per heavy atom. The lowest BCUT2D eigenvalue weighted by molar-refractivity contribution is -0.132. The third kappa shape index (κ3) is 4.07. The zero-order valence-corrected chi connectivity index (χ0v) is 19.6. The van der Waals surface area contributed by atoms with Crippen molar-refractivity contribution in [2.45, 2.75) is 57.5 Å². The van der Waals surface area contributed by atoms with E-state index in [9.17, 15) is 19.2 Å². The van der Waals surface area contributed by atoms with Crippen molar-refractivity contribution in [3.63, 3.8) is 0 Å². The highest BCUT2D eigenvalue weighted by Gasteiger charge is 2.50. The van der Waals surface area contributed by atoms with Crippen LogP contribution in [-0.2, 0) is 14.4 Å². The Morgan fingerprint density at radius 1 is 1.27 bits per heavy atom. The molecule has 3 aliphatic rings. The number of hydrogen-bond acceptors (Lipinski definition) is 5. The molecule has 3 fully saturated rings. The van der Waals surface area contributed by atoms with E-state index in [1.807, 2.05) is 17.5 Å². The van der Waals surface area contributed by atoms with Crippen molar-refractivity contribution >= 4 is 45.1 Å². The number of amides is 3. The minimum absolute atomic E-state index is 0.0570. The Bertz CT molecular complexity index is 1060. The van der Waals surface area contributed by atoms with Crippen LogP contribution in [0.25, 0.3) is 10.2 Å². The van der Waals surface area contributed by atoms with Gasteiger partial charge in [-0.25, -0.2) is 0 Å². The van der Waals surface area contributed by atoms with Crippen LogP contribution >= 0.6 is 11.3 Å². The van der Waals surface area contributed by atoms with Gasteiger partial charge < -0.3 is 20.5 Å². The van der Waals surface area contributed by atoms with Crippen LogP contribution in [-0.4, -0.2) is 58.6 Å². The molecule has 2 aromatic rings. The van der Waals surface area contributed by atoms with Gasteiger partial charge in [0.05, 0.1) is 6.04 Å². The first-order chi connectivity index (χ1) is 16.0. The predicted octanol–water partition coefficient (Wildman–Crippen LogP) is 2.46. The van der Waals surface area contributed by atoms with Crippen LogP contribution in [0.3, 0.4) is 0 Å². The Balaban J connectivity index is 1.37. The fraction of sp³-hybridized carbons (Fsp3) is 0.583. The lowest BCUT2D eigenvalue weighted by atomic mass is 9.91. The predicted molar refractivity (Wildman–Crippen MR) is 125 cm³/mol. The second-order valence-corrected chi connectivity index (χ2v) is 10.5. The highest BCUT2D eigenvalue weighted by atomic mass is 32.1. The third-order valence-corrected chi connectivity index (χ3v) is 8.48. The number of Topliss-reactive ketones (excluding diaryl/α,β-unsaturated/α-hetero) is 1. The van der Waals surface area contributed by atoms with Crippen molar-refractivity contribution in [1.82, 2.24) is 20.5 Å². The molecule has 0 aromatic carbocycles. The van der Waals surface area contributed by atoms with E-state index in [1.54, 1.807) is 23.2 Å². The summed E-state index contributed by atoms with van der Waals surface area (Å²) in [5.41, 5.74) is 0.499. The van der Waals surface area contributed by atoms with Crippen molar-refractivity contribution in [3.05, 3.63) is 23.2 Å². The van der Waals surface area contributed by atoms with Gasteiger partial charge in [0.2, 0.25) is 11.8 Å². The van der Waals surface area contributed by atoms with Gasteiger partial charge in [-0.3, -0.25) is 19.2 Å². The summed E-state index contributed by atoms with van der Waals surface area (Å²) in [6, 6.07) is 2.52. The molecule has 5 atom stereocenters. The molecule has 5 rings (SSSR count). The number of likely N-dealkylation sites (tertiary alicyclic amines) is 1. The molecule has 9 heteroatoms. The van der Waals surface area contributed by atoms with Gasteiger partial charge in [-0.15, -0.1) is 11.3 Å². The average Bonchev–Trinajstić information content (AvgIpc) is 3.58. The quantitative estimate of drug-likeness (QED) is 0.577. The lowest BCUT2D eigenvalue weighted by Crippen LogP contribution is -2.53. The number of aromatic amines is 1. The molecular formula is C24H30N4O4S. The number of H-pyrrole nitrogens is 1. The largest absolute Gasteiger partial charge is 0.356 e. The monoisotopic (exact) mass is 470 g/mol. The first kappa shape index (κ1) is 22.1. The molecule has 2 aliphatic heterocycles. The van der Waals surface area contributed by atoms with Gasteiger partial charge in [0, 0.05) is 30.8 Å². The molecule has 5 unspecified atom stereocenters. The van der Waals surface area contributed by atoms with E-state index in [0.29, 0.717) is 37.5 Å². The molecule has 8 nitrogen and oxygen atoms in total. The van der Waals surface area contributed by atoms with Crippen LogP contribution in [0.2, 0.25) is 0 Å². The fourth-order valence-corrected chi connectivity index (χ4v) is 6.68. The molecule has 176 valence electrons. The van der Waals surface area contributed by atoms with E-state index < -0.39 is 12.1 Å². The number of rotatable bonds is 7. The van der Waals surface area contributed by atoms with Gasteiger partial charge in [-0.2, -0.15) is 0 Å². The van der Waals surface area contributed by atoms with E-state index in [2.05, 4.69) is 15.6 Å². The number of nitrogens with one attached hydrogen (secondary N) is 3. The van der Waals surface area contributed by atoms with E-state index in [4.69, 9.17) is 0 Å². The summed E-state index contributed by atoms with van der Waals surface area (Å²) in [5, 5.41) is 8.72. The third-order valence-electron chi connectivity index (χ3n) is 7.63. The zero-order valence-electron chi connectivity index (χ0n) is 18.8. The molecule has 33 heavy (non-hydrogen) atoms. The first-order valence-electron chi connectivity index (χ1n) is 11.9. The first-order valence-corrected chi connectivity index (χ1v) is 12.8. The van der Waals surface area contributed by atoms with E-state index >= 15 is 0 Å². The lowest BCUT2D eigenvalue weighted by Gasteiger charge is -2.29. The number of carbonyl (C=O) groups is 4. The second-order valence-electron chi connectivity index (χ2n) is 9.54. The maximum absolute atomic E-state index is 13.6. The highest BCUT2D eigenvalue weighted by Crippen LogP contribution is 2.43.